The van der Waals surface area contributed by atoms with E-state index in [9.17, 15) is 9.50 Å². The minimum atomic E-state index is -0.672. The summed E-state index contributed by atoms with van der Waals surface area (Å²) in [4.78, 5) is 0. The maximum absolute atomic E-state index is 13.4. The molecule has 0 aromatic heterocycles. The first kappa shape index (κ1) is 14.2. The van der Waals surface area contributed by atoms with E-state index in [1.807, 2.05) is 42.5 Å². The Kier molecular flexibility index (Phi) is 4.04. The Balaban J connectivity index is 1.97. The van der Waals surface area contributed by atoms with Crippen LogP contribution >= 0.6 is 15.9 Å². The van der Waals surface area contributed by atoms with Gasteiger partial charge in [-0.3, -0.25) is 0 Å². The summed E-state index contributed by atoms with van der Waals surface area (Å²) in [5.74, 6) is -0.293. The molecule has 21 heavy (non-hydrogen) atoms. The van der Waals surface area contributed by atoms with E-state index in [-0.39, 0.29) is 5.82 Å². The second kappa shape index (κ2) is 5.96. The van der Waals surface area contributed by atoms with Crippen LogP contribution in [0.2, 0.25) is 0 Å². The second-order valence-electron chi connectivity index (χ2n) is 5.02. The van der Waals surface area contributed by atoms with Crippen LogP contribution in [0.3, 0.4) is 0 Å². The summed E-state index contributed by atoms with van der Waals surface area (Å²) in [7, 11) is 0. The maximum Gasteiger partial charge on any atom is 0.123 e. The van der Waals surface area contributed by atoms with Gasteiger partial charge < -0.3 is 5.11 Å². The van der Waals surface area contributed by atoms with Gasteiger partial charge in [-0.1, -0.05) is 58.4 Å². The second-order valence-corrected chi connectivity index (χ2v) is 5.88. The van der Waals surface area contributed by atoms with Crippen molar-refractivity contribution in [3.63, 3.8) is 0 Å². The van der Waals surface area contributed by atoms with Crippen LogP contribution in [0.25, 0.3) is 10.8 Å². The first-order chi connectivity index (χ1) is 10.1. The number of aliphatic hydroxyl groups is 1. The van der Waals surface area contributed by atoms with E-state index in [2.05, 4.69) is 15.9 Å². The molecule has 0 aliphatic carbocycles. The lowest BCUT2D eigenvalue weighted by Gasteiger charge is -2.15. The van der Waals surface area contributed by atoms with Gasteiger partial charge >= 0.3 is 0 Å². The molecule has 0 heterocycles. The number of hydrogen-bond acceptors (Lipinski definition) is 1. The van der Waals surface area contributed by atoms with E-state index in [4.69, 9.17) is 0 Å². The molecule has 0 spiro atoms. The lowest BCUT2D eigenvalue weighted by atomic mass is 9.96. The van der Waals surface area contributed by atoms with Crippen molar-refractivity contribution in [1.82, 2.24) is 0 Å². The predicted molar refractivity (Wildman–Crippen MR) is 86.7 cm³/mol. The molecule has 0 radical (unpaired) electrons. The highest BCUT2D eigenvalue weighted by atomic mass is 79.9. The Hall–Kier alpha value is -1.71. The number of rotatable bonds is 3. The summed E-state index contributed by atoms with van der Waals surface area (Å²) in [6, 6.07) is 18.3. The van der Waals surface area contributed by atoms with E-state index in [0.717, 1.165) is 26.4 Å². The Labute approximate surface area is 131 Å². The van der Waals surface area contributed by atoms with Gasteiger partial charge in [-0.15, -0.1) is 0 Å². The Bertz CT molecular complexity index is 780. The molecule has 0 aliphatic rings. The fourth-order valence-corrected chi connectivity index (χ4v) is 2.97. The van der Waals surface area contributed by atoms with Crippen LogP contribution in [0, 0.1) is 5.82 Å². The zero-order valence-electron chi connectivity index (χ0n) is 11.3. The number of hydrogen-bond donors (Lipinski definition) is 1. The van der Waals surface area contributed by atoms with Gasteiger partial charge in [0.2, 0.25) is 0 Å². The van der Waals surface area contributed by atoms with Crippen molar-refractivity contribution >= 4 is 26.7 Å². The van der Waals surface area contributed by atoms with Gasteiger partial charge in [0.15, 0.2) is 0 Å². The van der Waals surface area contributed by atoms with E-state index in [1.165, 1.54) is 12.1 Å². The summed E-state index contributed by atoms with van der Waals surface area (Å²) < 4.78 is 14.2. The van der Waals surface area contributed by atoms with Crippen LogP contribution in [0.4, 0.5) is 4.39 Å². The molecule has 0 saturated heterocycles. The molecule has 106 valence electrons. The van der Waals surface area contributed by atoms with Gasteiger partial charge in [0.1, 0.15) is 5.82 Å². The van der Waals surface area contributed by atoms with Crippen molar-refractivity contribution in [2.45, 2.75) is 12.5 Å². The van der Waals surface area contributed by atoms with Crippen molar-refractivity contribution < 1.29 is 9.50 Å². The van der Waals surface area contributed by atoms with Gasteiger partial charge in [-0.05, 0) is 40.1 Å². The summed E-state index contributed by atoms with van der Waals surface area (Å²) in [5, 5.41) is 12.7. The van der Waals surface area contributed by atoms with Gasteiger partial charge in [0.05, 0.1) is 6.10 Å². The first-order valence-electron chi connectivity index (χ1n) is 6.75. The molecule has 3 aromatic rings. The zero-order chi connectivity index (χ0) is 14.8. The molecule has 1 unspecified atom stereocenters. The third-order valence-corrected chi connectivity index (χ3v) is 4.38. The zero-order valence-corrected chi connectivity index (χ0v) is 12.8. The monoisotopic (exact) mass is 344 g/mol. The normalized spacial score (nSPS) is 12.5. The van der Waals surface area contributed by atoms with E-state index < -0.39 is 6.10 Å². The maximum atomic E-state index is 13.4. The Morgan fingerprint density at radius 3 is 2.62 bits per heavy atom. The predicted octanol–water partition coefficient (Wildman–Crippen LogP) is 5.02. The van der Waals surface area contributed by atoms with Crippen molar-refractivity contribution in [1.29, 1.82) is 0 Å². The van der Waals surface area contributed by atoms with Crippen molar-refractivity contribution in [3.05, 3.63) is 82.1 Å². The van der Waals surface area contributed by atoms with Crippen LogP contribution < -0.4 is 0 Å². The van der Waals surface area contributed by atoms with E-state index in [0.29, 0.717) is 6.42 Å². The van der Waals surface area contributed by atoms with Crippen LogP contribution in [-0.4, -0.2) is 5.11 Å². The molecule has 3 rings (SSSR count). The molecule has 0 fully saturated rings. The molecule has 1 atom stereocenters. The Morgan fingerprint density at radius 1 is 1.00 bits per heavy atom. The van der Waals surface area contributed by atoms with Crippen LogP contribution in [0.1, 0.15) is 17.2 Å². The molecular formula is C18H14BrFO. The highest BCUT2D eigenvalue weighted by Gasteiger charge is 2.14. The lowest BCUT2D eigenvalue weighted by Crippen LogP contribution is -2.03. The quantitative estimate of drug-likeness (QED) is 0.707. The SMILES string of the molecule is OC(Cc1cc(F)ccc1Br)c1cccc2ccccc12. The molecule has 0 bridgehead atoms. The standard InChI is InChI=1S/C18H14BrFO/c19-17-9-8-14(20)10-13(17)11-18(21)16-7-3-5-12-4-1-2-6-15(12)16/h1-10,18,21H,11H2. The van der Waals surface area contributed by atoms with Crippen molar-refractivity contribution in [3.8, 4) is 0 Å². The molecule has 1 N–H and O–H groups in total. The van der Waals surface area contributed by atoms with E-state index >= 15 is 0 Å². The minimum Gasteiger partial charge on any atom is -0.388 e. The first-order valence-corrected chi connectivity index (χ1v) is 7.54. The summed E-state index contributed by atoms with van der Waals surface area (Å²) in [5.41, 5.74) is 1.62. The molecule has 3 heteroatoms. The van der Waals surface area contributed by atoms with E-state index in [1.54, 1.807) is 6.07 Å². The molecular weight excluding hydrogens is 331 g/mol. The third-order valence-electron chi connectivity index (χ3n) is 3.60. The Morgan fingerprint density at radius 2 is 1.76 bits per heavy atom. The number of halogens is 2. The summed E-state index contributed by atoms with van der Waals surface area (Å²) in [6.45, 7) is 0. The minimum absolute atomic E-state index is 0.293. The fourth-order valence-electron chi connectivity index (χ4n) is 2.56. The fraction of sp³-hybridized carbons (Fsp3) is 0.111. The average molecular weight is 345 g/mol. The smallest absolute Gasteiger partial charge is 0.123 e. The number of benzene rings is 3. The van der Waals surface area contributed by atoms with Crippen LogP contribution in [0.5, 0.6) is 0 Å². The molecule has 0 amide bonds. The molecule has 3 aromatic carbocycles. The third kappa shape index (κ3) is 2.99. The van der Waals surface area contributed by atoms with Gasteiger partial charge in [-0.2, -0.15) is 0 Å². The van der Waals surface area contributed by atoms with Crippen molar-refractivity contribution in [2.75, 3.05) is 0 Å². The van der Waals surface area contributed by atoms with Gasteiger partial charge in [0, 0.05) is 10.9 Å². The molecule has 0 aliphatic heterocycles. The topological polar surface area (TPSA) is 20.2 Å². The van der Waals surface area contributed by atoms with Gasteiger partial charge in [0.25, 0.3) is 0 Å². The van der Waals surface area contributed by atoms with Crippen LogP contribution in [-0.2, 0) is 6.42 Å². The number of aliphatic hydroxyl groups excluding tert-OH is 1. The molecule has 1 nitrogen and oxygen atoms in total. The van der Waals surface area contributed by atoms with Crippen molar-refractivity contribution in [2.24, 2.45) is 0 Å². The molecule has 0 saturated carbocycles. The highest BCUT2D eigenvalue weighted by Crippen LogP contribution is 2.29. The summed E-state index contributed by atoms with van der Waals surface area (Å²) >= 11 is 3.40. The largest absolute Gasteiger partial charge is 0.388 e. The average Bonchev–Trinajstić information content (AvgIpc) is 2.50. The van der Waals surface area contributed by atoms with Crippen LogP contribution in [0.15, 0.2) is 65.1 Å². The number of fused-ring (bicyclic) bond motifs is 1. The van der Waals surface area contributed by atoms with Gasteiger partial charge in [-0.25, -0.2) is 4.39 Å². The highest BCUT2D eigenvalue weighted by molar-refractivity contribution is 9.10. The lowest BCUT2D eigenvalue weighted by molar-refractivity contribution is 0.179. The summed E-state index contributed by atoms with van der Waals surface area (Å²) in [6.07, 6.45) is -0.305.